The Morgan fingerprint density at radius 2 is 2.17 bits per heavy atom. The number of carbonyl (C=O) groups is 1. The largest absolute Gasteiger partial charge is 0.475 e. The van der Waals surface area contributed by atoms with Crippen LogP contribution >= 0.6 is 12.2 Å². The average Bonchev–Trinajstić information content (AvgIpc) is 2.81. The Balaban J connectivity index is 2.31. The monoisotopic (exact) mass is 348 g/mol. The van der Waals surface area contributed by atoms with Crippen molar-refractivity contribution in [2.24, 2.45) is 0 Å². The minimum absolute atomic E-state index is 0.0877. The number of ether oxygens (including phenoxy) is 3. The number of hydrogen-bond donors (Lipinski definition) is 4. The topological polar surface area (TPSA) is 143 Å². The molecule has 0 bridgehead atoms. The SMILES string of the molecule is COC(=O)COc1cn([C@@H]2O[C@H](CO)[C@@H](O)[C@H]2O)c(=S)[nH]c1=O. The summed E-state index contributed by atoms with van der Waals surface area (Å²) in [6.45, 7) is -0.997. The predicted octanol–water partition coefficient (Wildman–Crippen LogP) is -1.93. The number of esters is 1. The van der Waals surface area contributed by atoms with Crippen molar-refractivity contribution in [2.45, 2.75) is 24.5 Å². The molecule has 2 heterocycles. The number of nitrogens with zero attached hydrogens (tertiary/aromatic N) is 1. The maximum absolute atomic E-state index is 11.8. The first-order valence-corrected chi connectivity index (χ1v) is 6.97. The van der Waals surface area contributed by atoms with Crippen LogP contribution in [0.4, 0.5) is 0 Å². The van der Waals surface area contributed by atoms with E-state index in [0.717, 1.165) is 10.8 Å². The molecular formula is C12H16N2O8S. The Morgan fingerprint density at radius 3 is 2.74 bits per heavy atom. The van der Waals surface area contributed by atoms with Crippen LogP contribution in [-0.2, 0) is 14.3 Å². The molecular weight excluding hydrogens is 332 g/mol. The molecule has 1 aliphatic rings. The van der Waals surface area contributed by atoms with Gasteiger partial charge in [-0.05, 0) is 12.2 Å². The fraction of sp³-hybridized carbons (Fsp3) is 0.583. The molecule has 1 fully saturated rings. The highest BCUT2D eigenvalue weighted by Crippen LogP contribution is 2.29. The van der Waals surface area contributed by atoms with Gasteiger partial charge in [-0.15, -0.1) is 0 Å². The molecule has 0 unspecified atom stereocenters. The van der Waals surface area contributed by atoms with Crippen molar-refractivity contribution in [1.29, 1.82) is 0 Å². The van der Waals surface area contributed by atoms with E-state index in [1.54, 1.807) is 0 Å². The van der Waals surface area contributed by atoms with Crippen LogP contribution in [0.1, 0.15) is 6.23 Å². The Morgan fingerprint density at radius 1 is 1.48 bits per heavy atom. The highest BCUT2D eigenvalue weighted by Gasteiger charge is 2.43. The fourth-order valence-corrected chi connectivity index (χ4v) is 2.31. The number of aliphatic hydroxyl groups is 3. The van der Waals surface area contributed by atoms with E-state index in [1.807, 2.05) is 0 Å². The number of methoxy groups -OCH3 is 1. The number of hydrogen-bond acceptors (Lipinski definition) is 9. The van der Waals surface area contributed by atoms with E-state index in [-0.39, 0.29) is 10.5 Å². The zero-order valence-corrected chi connectivity index (χ0v) is 12.9. The third-order valence-electron chi connectivity index (χ3n) is 3.30. The summed E-state index contributed by atoms with van der Waals surface area (Å²) in [6, 6.07) is 0. The second-order valence-electron chi connectivity index (χ2n) is 4.75. The van der Waals surface area contributed by atoms with Crippen LogP contribution < -0.4 is 10.3 Å². The minimum Gasteiger partial charge on any atom is -0.475 e. The molecule has 23 heavy (non-hydrogen) atoms. The first-order valence-electron chi connectivity index (χ1n) is 6.56. The quantitative estimate of drug-likeness (QED) is 0.353. The van der Waals surface area contributed by atoms with Gasteiger partial charge in [0.2, 0.25) is 5.75 Å². The predicted molar refractivity (Wildman–Crippen MR) is 76.4 cm³/mol. The van der Waals surface area contributed by atoms with Crippen LogP contribution in [0.25, 0.3) is 0 Å². The lowest BCUT2D eigenvalue weighted by Crippen LogP contribution is -2.33. The second kappa shape index (κ2) is 7.19. The maximum Gasteiger partial charge on any atom is 0.343 e. The summed E-state index contributed by atoms with van der Waals surface area (Å²) in [5.74, 6) is -0.937. The van der Waals surface area contributed by atoms with Gasteiger partial charge >= 0.3 is 5.97 Å². The maximum atomic E-state index is 11.8. The van der Waals surface area contributed by atoms with Crippen LogP contribution in [0.2, 0.25) is 0 Å². The lowest BCUT2D eigenvalue weighted by molar-refractivity contribution is -0.142. The van der Waals surface area contributed by atoms with Crippen molar-refractivity contribution in [3.8, 4) is 5.75 Å². The van der Waals surface area contributed by atoms with E-state index in [2.05, 4.69) is 9.72 Å². The number of rotatable bonds is 5. The van der Waals surface area contributed by atoms with Gasteiger partial charge in [0.15, 0.2) is 17.6 Å². The fourth-order valence-electron chi connectivity index (χ4n) is 2.06. The van der Waals surface area contributed by atoms with E-state index in [0.29, 0.717) is 0 Å². The molecule has 4 atom stereocenters. The van der Waals surface area contributed by atoms with Crippen LogP contribution in [0.3, 0.4) is 0 Å². The van der Waals surface area contributed by atoms with Gasteiger partial charge < -0.3 is 29.5 Å². The highest BCUT2D eigenvalue weighted by atomic mass is 32.1. The van der Waals surface area contributed by atoms with Crippen LogP contribution in [0.5, 0.6) is 5.75 Å². The number of nitrogens with one attached hydrogen (secondary N) is 1. The highest BCUT2D eigenvalue weighted by molar-refractivity contribution is 7.71. The zero-order chi connectivity index (χ0) is 17.1. The van der Waals surface area contributed by atoms with E-state index in [9.17, 15) is 19.8 Å². The van der Waals surface area contributed by atoms with Crippen molar-refractivity contribution in [1.82, 2.24) is 9.55 Å². The summed E-state index contributed by atoms with van der Waals surface area (Å²) in [4.78, 5) is 25.1. The molecule has 0 amide bonds. The Hall–Kier alpha value is -1.79. The van der Waals surface area contributed by atoms with Gasteiger partial charge in [0.1, 0.15) is 18.3 Å². The summed E-state index contributed by atoms with van der Waals surface area (Å²) in [5, 5.41) is 28.9. The molecule has 1 aliphatic heterocycles. The molecule has 4 N–H and O–H groups in total. The van der Waals surface area contributed by atoms with Crippen molar-refractivity contribution < 1.29 is 34.3 Å². The number of aliphatic hydroxyl groups excluding tert-OH is 3. The van der Waals surface area contributed by atoms with Gasteiger partial charge in [0.05, 0.1) is 19.9 Å². The van der Waals surface area contributed by atoms with E-state index < -0.39 is 49.3 Å². The summed E-state index contributed by atoms with van der Waals surface area (Å²) in [7, 11) is 1.17. The van der Waals surface area contributed by atoms with Gasteiger partial charge in [0.25, 0.3) is 5.56 Å². The number of aromatic amines is 1. The van der Waals surface area contributed by atoms with Gasteiger partial charge in [-0.25, -0.2) is 4.79 Å². The summed E-state index contributed by atoms with van der Waals surface area (Å²) in [5.41, 5.74) is -0.679. The molecule has 0 aromatic carbocycles. The molecule has 10 nitrogen and oxygen atoms in total. The third kappa shape index (κ3) is 3.59. The average molecular weight is 348 g/mol. The van der Waals surface area contributed by atoms with Gasteiger partial charge in [-0.3, -0.25) is 14.3 Å². The van der Waals surface area contributed by atoms with E-state index in [1.165, 1.54) is 7.11 Å². The van der Waals surface area contributed by atoms with Crippen molar-refractivity contribution in [2.75, 3.05) is 20.3 Å². The van der Waals surface area contributed by atoms with Crippen molar-refractivity contribution in [3.63, 3.8) is 0 Å². The first-order chi connectivity index (χ1) is 10.9. The molecule has 11 heteroatoms. The third-order valence-corrected chi connectivity index (χ3v) is 3.61. The first kappa shape index (κ1) is 17.6. The standard InChI is InChI=1S/C12H16N2O8S/c1-20-7(16)4-21-5-2-14(12(23)13-10(5)19)11-9(18)8(17)6(3-15)22-11/h2,6,8-9,11,15,17-18H,3-4H2,1H3,(H,13,19,23)/t6-,8-,9-,11-/m1/s1. The minimum atomic E-state index is -1.38. The smallest absolute Gasteiger partial charge is 0.343 e. The van der Waals surface area contributed by atoms with E-state index >= 15 is 0 Å². The van der Waals surface area contributed by atoms with E-state index in [4.69, 9.17) is 26.8 Å². The summed E-state index contributed by atoms with van der Waals surface area (Å²) >= 11 is 4.99. The van der Waals surface area contributed by atoms with Crippen LogP contribution in [-0.4, -0.2) is 69.5 Å². The molecule has 1 saturated heterocycles. The molecule has 0 spiro atoms. The van der Waals surface area contributed by atoms with Crippen LogP contribution in [0.15, 0.2) is 11.0 Å². The van der Waals surface area contributed by atoms with Gasteiger partial charge in [0, 0.05) is 0 Å². The lowest BCUT2D eigenvalue weighted by atomic mass is 10.1. The Bertz CT molecular complexity index is 686. The lowest BCUT2D eigenvalue weighted by Gasteiger charge is -2.19. The van der Waals surface area contributed by atoms with Gasteiger partial charge in [-0.1, -0.05) is 0 Å². The number of H-pyrrole nitrogens is 1. The summed E-state index contributed by atoms with van der Waals surface area (Å²) in [6.07, 6.45) is -3.68. The molecule has 2 rings (SSSR count). The molecule has 0 saturated carbocycles. The van der Waals surface area contributed by atoms with Crippen molar-refractivity contribution in [3.05, 3.63) is 21.3 Å². The van der Waals surface area contributed by atoms with Gasteiger partial charge in [-0.2, -0.15) is 0 Å². The molecule has 128 valence electrons. The number of aromatic nitrogens is 2. The molecule has 0 aliphatic carbocycles. The number of carbonyl (C=O) groups excluding carboxylic acids is 1. The summed E-state index contributed by atoms with van der Waals surface area (Å²) < 4.78 is 15.8. The molecule has 1 aromatic heterocycles. The molecule has 1 aromatic rings. The zero-order valence-electron chi connectivity index (χ0n) is 12.0. The Labute approximate surface area is 134 Å². The molecule has 0 radical (unpaired) electrons. The Kier molecular flexibility index (Phi) is 5.49. The van der Waals surface area contributed by atoms with Crippen LogP contribution in [0, 0.1) is 4.77 Å². The van der Waals surface area contributed by atoms with Crippen molar-refractivity contribution >= 4 is 18.2 Å². The second-order valence-corrected chi connectivity index (χ2v) is 5.14. The normalized spacial score (nSPS) is 27.0.